The molecule has 4 rings (SSSR count). The van der Waals surface area contributed by atoms with Crippen molar-refractivity contribution in [3.63, 3.8) is 0 Å². The fraction of sp³-hybridized carbons (Fsp3) is 0.0455. The minimum Gasteiger partial charge on any atom is -0.274 e. The Hall–Kier alpha value is -3.23. The van der Waals surface area contributed by atoms with E-state index in [-0.39, 0.29) is 17.4 Å². The molecule has 0 aliphatic heterocycles. The van der Waals surface area contributed by atoms with Gasteiger partial charge >= 0.3 is 0 Å². The molecule has 0 spiro atoms. The summed E-state index contributed by atoms with van der Waals surface area (Å²) in [5.41, 5.74) is 2.40. The Morgan fingerprint density at radius 2 is 1.73 bits per heavy atom. The molecule has 0 radical (unpaired) electrons. The van der Waals surface area contributed by atoms with Gasteiger partial charge < -0.3 is 0 Å². The van der Waals surface area contributed by atoms with Crippen molar-refractivity contribution in [1.29, 1.82) is 0 Å². The van der Waals surface area contributed by atoms with E-state index in [1.54, 1.807) is 41.8 Å². The lowest BCUT2D eigenvalue weighted by atomic mass is 10.2. The van der Waals surface area contributed by atoms with Gasteiger partial charge in [0.25, 0.3) is 0 Å². The first-order valence-corrected chi connectivity index (χ1v) is 10.7. The number of hydrogen-bond acceptors (Lipinski definition) is 5. The average Bonchev–Trinajstić information content (AvgIpc) is 3.38. The van der Waals surface area contributed by atoms with Crippen LogP contribution in [0.1, 0.15) is 17.6 Å². The lowest BCUT2D eigenvalue weighted by Crippen LogP contribution is -2.23. The summed E-state index contributed by atoms with van der Waals surface area (Å²) < 4.78 is 27.2. The van der Waals surface area contributed by atoms with Gasteiger partial charge in [-0.3, -0.25) is 9.69 Å². The van der Waals surface area contributed by atoms with Gasteiger partial charge in [-0.2, -0.15) is 0 Å². The van der Waals surface area contributed by atoms with E-state index >= 15 is 0 Å². The number of para-hydroxylation sites is 1. The number of nitrogens with zero attached hydrogens (tertiary/aromatic N) is 3. The minimum atomic E-state index is -0.490. The molecule has 0 aliphatic carbocycles. The molecule has 30 heavy (non-hydrogen) atoms. The van der Waals surface area contributed by atoms with Crippen LogP contribution < -0.4 is 4.90 Å². The van der Waals surface area contributed by atoms with Crippen LogP contribution in [0, 0.1) is 11.6 Å². The Labute approximate surface area is 179 Å². The van der Waals surface area contributed by atoms with E-state index in [4.69, 9.17) is 0 Å². The van der Waals surface area contributed by atoms with Gasteiger partial charge in [0.05, 0.1) is 17.1 Å². The number of rotatable bonds is 5. The molecule has 0 saturated carbocycles. The molecule has 4 nitrogen and oxygen atoms in total. The highest BCUT2D eigenvalue weighted by Gasteiger charge is 2.20. The molecule has 2 aromatic heterocycles. The lowest BCUT2D eigenvalue weighted by Gasteiger charge is -2.18. The second kappa shape index (κ2) is 8.64. The van der Waals surface area contributed by atoms with Gasteiger partial charge in [-0.15, -0.1) is 22.7 Å². The molecule has 2 aromatic carbocycles. The summed E-state index contributed by atoms with van der Waals surface area (Å²) in [6.07, 6.45) is 3.60. The summed E-state index contributed by atoms with van der Waals surface area (Å²) >= 11 is 2.71. The Morgan fingerprint density at radius 1 is 0.967 bits per heavy atom. The van der Waals surface area contributed by atoms with Gasteiger partial charge in [-0.05, 0) is 48.6 Å². The molecule has 150 valence electrons. The maximum atomic E-state index is 14.2. The minimum absolute atomic E-state index is 0.166. The first-order chi connectivity index (χ1) is 14.5. The van der Waals surface area contributed by atoms with Crippen molar-refractivity contribution in [3.05, 3.63) is 81.6 Å². The van der Waals surface area contributed by atoms with Crippen LogP contribution in [0.25, 0.3) is 23.4 Å². The molecular formula is C22H15F2N3OS2. The van der Waals surface area contributed by atoms with E-state index in [1.807, 2.05) is 11.5 Å². The standard InChI is InChI=1S/C22H15F2N3OS2/c1-14(28)27(20-5-3-2-4-18(20)24)22-25-17(12-30-22)10-11-21-26-19(13-29-21)15-6-8-16(23)9-7-15/h2-13H,1H3. The molecule has 1 amide bonds. The number of carbonyl (C=O) groups excluding carboxylic acids is 1. The maximum absolute atomic E-state index is 14.2. The molecule has 0 atom stereocenters. The number of benzene rings is 2. The maximum Gasteiger partial charge on any atom is 0.230 e. The predicted molar refractivity (Wildman–Crippen MR) is 118 cm³/mol. The summed E-state index contributed by atoms with van der Waals surface area (Å²) in [4.78, 5) is 22.3. The zero-order valence-electron chi connectivity index (χ0n) is 15.8. The quantitative estimate of drug-likeness (QED) is 0.361. The molecule has 4 aromatic rings. The normalized spacial score (nSPS) is 11.2. The van der Waals surface area contributed by atoms with Crippen molar-refractivity contribution in [1.82, 2.24) is 9.97 Å². The van der Waals surface area contributed by atoms with Crippen molar-refractivity contribution >= 4 is 51.6 Å². The summed E-state index contributed by atoms with van der Waals surface area (Å²) in [5, 5.41) is 4.84. The number of thiazole rings is 2. The number of aromatic nitrogens is 2. The van der Waals surface area contributed by atoms with Crippen LogP contribution in [-0.4, -0.2) is 15.9 Å². The third-order valence-electron chi connectivity index (χ3n) is 4.17. The first kappa shape index (κ1) is 20.1. The lowest BCUT2D eigenvalue weighted by molar-refractivity contribution is -0.115. The third-order valence-corrected chi connectivity index (χ3v) is 5.82. The zero-order chi connectivity index (χ0) is 21.1. The molecule has 0 unspecified atom stereocenters. The Kier molecular flexibility index (Phi) is 5.78. The van der Waals surface area contributed by atoms with Gasteiger partial charge in [-0.25, -0.2) is 18.7 Å². The molecule has 0 fully saturated rings. The average molecular weight is 440 g/mol. The molecular weight excluding hydrogens is 424 g/mol. The van der Waals surface area contributed by atoms with Gasteiger partial charge in [0.1, 0.15) is 16.6 Å². The van der Waals surface area contributed by atoms with Gasteiger partial charge in [0.2, 0.25) is 5.91 Å². The number of hydrogen-bond donors (Lipinski definition) is 0. The summed E-state index contributed by atoms with van der Waals surface area (Å²) in [6, 6.07) is 12.3. The van der Waals surface area contributed by atoms with Gasteiger partial charge in [-0.1, -0.05) is 12.1 Å². The second-order valence-corrected chi connectivity index (χ2v) is 8.00. The second-order valence-electron chi connectivity index (χ2n) is 6.27. The van der Waals surface area contributed by atoms with E-state index in [0.717, 1.165) is 16.3 Å². The van der Waals surface area contributed by atoms with Crippen molar-refractivity contribution in [3.8, 4) is 11.3 Å². The smallest absolute Gasteiger partial charge is 0.230 e. The van der Waals surface area contributed by atoms with Gasteiger partial charge in [0, 0.05) is 23.2 Å². The van der Waals surface area contributed by atoms with E-state index in [1.165, 1.54) is 52.7 Å². The van der Waals surface area contributed by atoms with Crippen molar-refractivity contribution in [2.24, 2.45) is 0 Å². The van der Waals surface area contributed by atoms with Crippen LogP contribution >= 0.6 is 22.7 Å². The van der Waals surface area contributed by atoms with E-state index in [2.05, 4.69) is 9.97 Å². The molecule has 0 aliphatic rings. The Balaban J connectivity index is 1.54. The number of halogens is 2. The Bertz CT molecular complexity index is 1220. The van der Waals surface area contributed by atoms with Gasteiger partial charge in [0.15, 0.2) is 5.13 Å². The number of amides is 1. The summed E-state index contributed by atoms with van der Waals surface area (Å²) in [5.74, 6) is -1.10. The van der Waals surface area contributed by atoms with Crippen molar-refractivity contribution in [2.75, 3.05) is 4.90 Å². The fourth-order valence-electron chi connectivity index (χ4n) is 2.77. The van der Waals surface area contributed by atoms with Crippen LogP contribution in [0.15, 0.2) is 59.3 Å². The topological polar surface area (TPSA) is 46.1 Å². The number of anilines is 2. The largest absolute Gasteiger partial charge is 0.274 e. The molecule has 8 heteroatoms. The van der Waals surface area contributed by atoms with Crippen LogP contribution in [0.3, 0.4) is 0 Å². The molecule has 2 heterocycles. The number of carbonyl (C=O) groups is 1. The van der Waals surface area contributed by atoms with Crippen LogP contribution in [0.5, 0.6) is 0 Å². The van der Waals surface area contributed by atoms with Crippen molar-refractivity contribution < 1.29 is 13.6 Å². The van der Waals surface area contributed by atoms with E-state index in [9.17, 15) is 13.6 Å². The highest BCUT2D eigenvalue weighted by molar-refractivity contribution is 7.14. The first-order valence-electron chi connectivity index (χ1n) is 8.91. The Morgan fingerprint density at radius 3 is 2.47 bits per heavy atom. The van der Waals surface area contributed by atoms with Crippen LogP contribution in [-0.2, 0) is 4.79 Å². The molecule has 0 saturated heterocycles. The van der Waals surface area contributed by atoms with Crippen LogP contribution in [0.4, 0.5) is 19.6 Å². The van der Waals surface area contributed by atoms with E-state index in [0.29, 0.717) is 10.8 Å². The van der Waals surface area contributed by atoms with Crippen LogP contribution in [0.2, 0.25) is 0 Å². The zero-order valence-corrected chi connectivity index (χ0v) is 17.4. The highest BCUT2D eigenvalue weighted by Crippen LogP contribution is 2.31. The molecule has 0 bridgehead atoms. The van der Waals surface area contributed by atoms with Crippen molar-refractivity contribution in [2.45, 2.75) is 6.92 Å². The monoisotopic (exact) mass is 439 g/mol. The third kappa shape index (κ3) is 4.34. The summed E-state index contributed by atoms with van der Waals surface area (Å²) in [7, 11) is 0. The molecule has 0 N–H and O–H groups in total. The summed E-state index contributed by atoms with van der Waals surface area (Å²) in [6.45, 7) is 1.37. The fourth-order valence-corrected chi connectivity index (χ4v) is 4.34. The predicted octanol–water partition coefficient (Wildman–Crippen LogP) is 6.40. The van der Waals surface area contributed by atoms with E-state index < -0.39 is 5.82 Å². The SMILES string of the molecule is CC(=O)N(c1nc(C=Cc2nc(-c3ccc(F)cc3)cs2)cs1)c1ccccc1F. The highest BCUT2D eigenvalue weighted by atomic mass is 32.1.